The molecule has 0 aromatic heterocycles. The Labute approximate surface area is 661 Å². The first-order valence-electron chi connectivity index (χ1n) is 39.7. The molecule has 0 radical (unpaired) electrons. The summed E-state index contributed by atoms with van der Waals surface area (Å²) in [7, 11) is 0. The molecule has 1 aliphatic heterocycles. The van der Waals surface area contributed by atoms with Crippen molar-refractivity contribution in [2.45, 2.75) is 281 Å². The number of carbonyl (C=O) groups is 17. The van der Waals surface area contributed by atoms with E-state index in [0.717, 1.165) is 0 Å². The molecule has 0 spiro atoms. The molecule has 638 valence electrons. The summed E-state index contributed by atoms with van der Waals surface area (Å²) in [6, 6.07) is -13.5. The Morgan fingerprint density at radius 1 is 0.366 bits per heavy atom. The highest BCUT2D eigenvalue weighted by Gasteiger charge is 2.40. The van der Waals surface area contributed by atoms with Crippen LogP contribution in [-0.2, 0) is 81.5 Å². The van der Waals surface area contributed by atoms with Gasteiger partial charge >= 0.3 is 0 Å². The van der Waals surface area contributed by atoms with E-state index in [0.29, 0.717) is 32.1 Å². The summed E-state index contributed by atoms with van der Waals surface area (Å²) < 4.78 is 0. The highest BCUT2D eigenvalue weighted by atomic mass is 16.2. The number of amides is 17. The predicted molar refractivity (Wildman–Crippen MR) is 421 cm³/mol. The van der Waals surface area contributed by atoms with E-state index in [1.54, 1.807) is 62.3 Å². The summed E-state index contributed by atoms with van der Waals surface area (Å²) in [6.07, 6.45) is 3.51. The van der Waals surface area contributed by atoms with Gasteiger partial charge in [0.2, 0.25) is 100 Å². The Bertz CT molecular complexity index is 3150. The number of nitrogens with two attached hydrogens (primary N) is 3. The number of unbranched alkanes of at least 4 members (excludes halogenated alkanes) is 1. The van der Waals surface area contributed by atoms with E-state index < -0.39 is 217 Å². The standard InChI is InChI=1S/C76H137N19O17/c1-20-46(17)61(78)73(109)94-64(47(18)21-2)75(111)84-38-60(100)95-28-24-26-55(95)72(108)93-63(45(15)16)76(112)91-52(31-41(7)8)68(104)82-36-59(99)88-54(33-43(11)12)71(107)92-62(44(13)14)74(110)83-37-58(98)86-49(25-22-23-27-77)69(105)85-48(19)66(102)90-51(30-40(5)6)67(103)81-34-56(96)80-35-57(97)87-53(32-42(9)10)70(106)89-50(65(79)101)29-39(3)4/h39-55,61-64H,20-38,77-78H2,1-19H3,(H2,79,101)(H,80,96)(H,81,103)(H,82,104)(H,83,110)(H,84,111)(H,85,105)(H,86,98)(H,87,97)(H,88,99)(H,89,106)(H,90,102)(H,91,112)(H,92,107)(H,93,108)(H,94,109)/t46-,47-,48-,49-,50-,51-,52-,53-,54-,55-,61-,62-,63-,64-/m0/s1. The van der Waals surface area contributed by atoms with Crippen molar-refractivity contribution in [1.29, 1.82) is 0 Å². The molecule has 36 heteroatoms. The average molecular weight is 1590 g/mol. The average Bonchev–Trinajstić information content (AvgIpc) is 1.66. The molecule has 1 fully saturated rings. The molecule has 0 unspecified atom stereocenters. The van der Waals surface area contributed by atoms with E-state index in [4.69, 9.17) is 17.2 Å². The van der Waals surface area contributed by atoms with Crippen LogP contribution in [0.3, 0.4) is 0 Å². The van der Waals surface area contributed by atoms with Gasteiger partial charge in [0.15, 0.2) is 0 Å². The van der Waals surface area contributed by atoms with Crippen LogP contribution in [0.1, 0.15) is 209 Å². The molecule has 1 saturated heterocycles. The molecule has 36 nitrogen and oxygen atoms in total. The van der Waals surface area contributed by atoms with E-state index in [1.165, 1.54) is 11.8 Å². The van der Waals surface area contributed by atoms with E-state index in [1.807, 2.05) is 62.3 Å². The van der Waals surface area contributed by atoms with Gasteiger partial charge in [0.05, 0.1) is 38.8 Å². The van der Waals surface area contributed by atoms with Crippen molar-refractivity contribution in [2.24, 2.45) is 70.5 Å². The Balaban J connectivity index is 3.07. The number of nitrogens with zero attached hydrogens (tertiary/aromatic N) is 1. The van der Waals surface area contributed by atoms with Crippen LogP contribution in [0.15, 0.2) is 0 Å². The van der Waals surface area contributed by atoms with Gasteiger partial charge < -0.3 is 102 Å². The molecule has 0 aromatic rings. The van der Waals surface area contributed by atoms with Gasteiger partial charge in [-0.2, -0.15) is 0 Å². The molecule has 14 atom stereocenters. The van der Waals surface area contributed by atoms with Gasteiger partial charge in [0.1, 0.15) is 66.5 Å². The van der Waals surface area contributed by atoms with Crippen LogP contribution in [0.4, 0.5) is 0 Å². The molecule has 0 saturated carbocycles. The SMILES string of the molecule is CC[C@H](C)[C@H](N)C(=O)N[C@H](C(=O)NCC(=O)N1CCC[C@H]1C(=O)N[C@H](C(=O)N[C@@H](CC(C)C)C(=O)NCC(=O)N[C@@H](CC(C)C)C(=O)N[C@H](C(=O)NCC(=O)N[C@@H](CCCCN)C(=O)N[C@@H](C)C(=O)N[C@@H](CC(C)C)C(=O)NCC(=O)NCC(=O)N[C@@H](CC(C)C)C(=O)N[C@@H](CC(C)C)C(N)=O)C(C)C)C(C)C)[C@@H](C)CC. The van der Waals surface area contributed by atoms with Gasteiger partial charge in [-0.1, -0.05) is 137 Å². The fraction of sp³-hybridized carbons (Fsp3) is 0.776. The number of likely N-dealkylation sites (tertiary alicyclic amines) is 1. The quantitative estimate of drug-likeness (QED) is 0.0293. The maximum atomic E-state index is 14.1. The molecular weight excluding hydrogens is 1450 g/mol. The fourth-order valence-corrected chi connectivity index (χ4v) is 12.1. The number of primary amides is 1. The molecule has 1 rings (SSSR count). The third-order valence-electron chi connectivity index (χ3n) is 19.0. The van der Waals surface area contributed by atoms with Crippen LogP contribution in [-0.4, -0.2) is 224 Å². The zero-order chi connectivity index (χ0) is 85.6. The van der Waals surface area contributed by atoms with Gasteiger partial charge in [-0.15, -0.1) is 0 Å². The van der Waals surface area contributed by atoms with Crippen LogP contribution in [0.5, 0.6) is 0 Å². The Morgan fingerprint density at radius 3 is 1.20 bits per heavy atom. The number of carbonyl (C=O) groups excluding carboxylic acids is 17. The highest BCUT2D eigenvalue weighted by molar-refractivity contribution is 6.00. The van der Waals surface area contributed by atoms with E-state index in [2.05, 4.69) is 79.8 Å². The van der Waals surface area contributed by atoms with Gasteiger partial charge in [-0.3, -0.25) is 81.5 Å². The lowest BCUT2D eigenvalue weighted by Gasteiger charge is -2.30. The molecule has 112 heavy (non-hydrogen) atoms. The summed E-state index contributed by atoms with van der Waals surface area (Å²) in [6.45, 7) is 31.0. The minimum absolute atomic E-state index is 0.0295. The van der Waals surface area contributed by atoms with Gasteiger partial charge in [-0.25, -0.2) is 0 Å². The first kappa shape index (κ1) is 101. The van der Waals surface area contributed by atoms with Gasteiger partial charge in [0.25, 0.3) is 0 Å². The van der Waals surface area contributed by atoms with E-state index in [9.17, 15) is 81.5 Å². The lowest BCUT2D eigenvalue weighted by molar-refractivity contribution is -0.140. The Hall–Kier alpha value is -9.09. The number of nitrogens with one attached hydrogen (secondary N) is 15. The topological polar surface area (TPSA) is 552 Å². The Morgan fingerprint density at radius 2 is 0.741 bits per heavy atom. The van der Waals surface area contributed by atoms with Gasteiger partial charge in [-0.05, 0) is 131 Å². The molecule has 17 amide bonds. The lowest BCUT2D eigenvalue weighted by atomic mass is 9.95. The van der Waals surface area contributed by atoms with Crippen molar-refractivity contribution in [3.8, 4) is 0 Å². The summed E-state index contributed by atoms with van der Waals surface area (Å²) in [5.74, 6) is -14.2. The third-order valence-corrected chi connectivity index (χ3v) is 19.0. The van der Waals surface area contributed by atoms with Crippen LogP contribution in [0.25, 0.3) is 0 Å². The van der Waals surface area contributed by atoms with Crippen LogP contribution in [0, 0.1) is 53.3 Å². The lowest BCUT2D eigenvalue weighted by Crippen LogP contribution is -2.59. The molecule has 0 aliphatic carbocycles. The maximum Gasteiger partial charge on any atom is 0.243 e. The maximum absolute atomic E-state index is 14.1. The van der Waals surface area contributed by atoms with Crippen molar-refractivity contribution in [1.82, 2.24) is 84.7 Å². The molecular formula is C76H137N19O17. The highest BCUT2D eigenvalue weighted by Crippen LogP contribution is 2.20. The molecule has 0 bridgehead atoms. The summed E-state index contributed by atoms with van der Waals surface area (Å²) in [4.78, 5) is 230. The van der Waals surface area contributed by atoms with Crippen LogP contribution < -0.4 is 97.0 Å². The largest absolute Gasteiger partial charge is 0.368 e. The second kappa shape index (κ2) is 51.5. The van der Waals surface area contributed by atoms with Crippen molar-refractivity contribution in [3.05, 3.63) is 0 Å². The van der Waals surface area contributed by atoms with Crippen LogP contribution >= 0.6 is 0 Å². The minimum Gasteiger partial charge on any atom is -0.368 e. The summed E-state index contributed by atoms with van der Waals surface area (Å²) in [5, 5.41) is 38.9. The predicted octanol–water partition coefficient (Wildman–Crippen LogP) is -2.00. The zero-order valence-corrected chi connectivity index (χ0v) is 69.7. The second-order valence-corrected chi connectivity index (χ2v) is 32.2. The number of rotatable bonds is 52. The Kier molecular flexibility index (Phi) is 46.4. The zero-order valence-electron chi connectivity index (χ0n) is 69.7. The molecule has 21 N–H and O–H groups in total. The molecule has 1 heterocycles. The summed E-state index contributed by atoms with van der Waals surface area (Å²) in [5.41, 5.74) is 17.4. The van der Waals surface area contributed by atoms with E-state index in [-0.39, 0.29) is 99.5 Å². The first-order chi connectivity index (χ1) is 52.3. The van der Waals surface area contributed by atoms with Crippen molar-refractivity contribution >= 4 is 100 Å². The minimum atomic E-state index is -1.29. The molecule has 0 aromatic carbocycles. The number of hydrogen-bond donors (Lipinski definition) is 18. The second-order valence-electron chi connectivity index (χ2n) is 32.2. The van der Waals surface area contributed by atoms with Crippen molar-refractivity contribution in [2.75, 3.05) is 45.8 Å². The van der Waals surface area contributed by atoms with Crippen molar-refractivity contribution in [3.63, 3.8) is 0 Å². The smallest absolute Gasteiger partial charge is 0.243 e. The molecule has 1 aliphatic rings. The van der Waals surface area contributed by atoms with E-state index >= 15 is 0 Å². The fourth-order valence-electron chi connectivity index (χ4n) is 12.1. The monoisotopic (exact) mass is 1590 g/mol. The van der Waals surface area contributed by atoms with Gasteiger partial charge in [0, 0.05) is 6.54 Å². The number of hydrogen-bond acceptors (Lipinski definition) is 19. The summed E-state index contributed by atoms with van der Waals surface area (Å²) >= 11 is 0. The normalized spacial score (nSPS) is 16.3. The first-order valence-corrected chi connectivity index (χ1v) is 39.7. The van der Waals surface area contributed by atoms with Crippen LogP contribution in [0.2, 0.25) is 0 Å². The third kappa shape index (κ3) is 38.0. The van der Waals surface area contributed by atoms with Crippen molar-refractivity contribution < 1.29 is 81.5 Å².